The summed E-state index contributed by atoms with van der Waals surface area (Å²) in [7, 11) is 0. The first-order valence-electron chi connectivity index (χ1n) is 6.13. The van der Waals surface area contributed by atoms with E-state index in [9.17, 15) is 14.9 Å². The van der Waals surface area contributed by atoms with Crippen molar-refractivity contribution in [2.45, 2.75) is 0 Å². The Labute approximate surface area is 118 Å². The number of nitro groups is 1. The average molecular weight is 282 g/mol. The van der Waals surface area contributed by atoms with Gasteiger partial charge < -0.3 is 10.3 Å². The number of aromatic nitrogens is 2. The van der Waals surface area contributed by atoms with Crippen LogP contribution in [0, 0.1) is 10.1 Å². The number of amides is 1. The summed E-state index contributed by atoms with van der Waals surface area (Å²) < 4.78 is 0. The van der Waals surface area contributed by atoms with Gasteiger partial charge >= 0.3 is 0 Å². The van der Waals surface area contributed by atoms with E-state index in [2.05, 4.69) is 15.3 Å². The zero-order chi connectivity index (χ0) is 14.8. The minimum absolute atomic E-state index is 0.0777. The Balaban J connectivity index is 1.85. The number of benzene rings is 1. The summed E-state index contributed by atoms with van der Waals surface area (Å²) >= 11 is 0. The number of nitro benzene ring substituents is 1. The van der Waals surface area contributed by atoms with E-state index < -0.39 is 4.92 Å². The van der Waals surface area contributed by atoms with Gasteiger partial charge in [0.1, 0.15) is 5.69 Å². The molecule has 0 radical (unpaired) electrons. The molecule has 7 heteroatoms. The Morgan fingerprint density at radius 3 is 2.86 bits per heavy atom. The molecule has 0 aliphatic carbocycles. The molecule has 104 valence electrons. The van der Waals surface area contributed by atoms with Crippen LogP contribution in [0.3, 0.4) is 0 Å². The molecule has 0 fully saturated rings. The zero-order valence-electron chi connectivity index (χ0n) is 10.7. The predicted molar refractivity (Wildman–Crippen MR) is 77.1 cm³/mol. The predicted octanol–water partition coefficient (Wildman–Crippen LogP) is 2.72. The van der Waals surface area contributed by atoms with Gasteiger partial charge in [-0.25, -0.2) is 0 Å². The molecule has 3 aromatic rings. The van der Waals surface area contributed by atoms with E-state index in [0.717, 1.165) is 5.52 Å². The molecule has 0 saturated carbocycles. The number of carbonyl (C=O) groups excluding carboxylic acids is 1. The normalized spacial score (nSPS) is 10.5. The molecular formula is C14H10N4O3. The second-order valence-corrected chi connectivity index (χ2v) is 4.38. The first-order valence-corrected chi connectivity index (χ1v) is 6.13. The topological polar surface area (TPSA) is 101 Å². The van der Waals surface area contributed by atoms with Crippen LogP contribution < -0.4 is 5.32 Å². The minimum atomic E-state index is -0.511. The van der Waals surface area contributed by atoms with Gasteiger partial charge in [-0.15, -0.1) is 0 Å². The van der Waals surface area contributed by atoms with Gasteiger partial charge in [0.15, 0.2) is 0 Å². The zero-order valence-corrected chi connectivity index (χ0v) is 10.7. The Bertz CT molecular complexity index is 808. The SMILES string of the molecule is O=C(Nc1cccc([N+](=O)[O-])c1)c1cc2ncccc2[nH]1. The van der Waals surface area contributed by atoms with Gasteiger partial charge in [-0.05, 0) is 24.3 Å². The Morgan fingerprint density at radius 1 is 1.24 bits per heavy atom. The molecule has 2 aromatic heterocycles. The van der Waals surface area contributed by atoms with Crippen molar-refractivity contribution in [3.8, 4) is 0 Å². The van der Waals surface area contributed by atoms with Gasteiger partial charge in [-0.3, -0.25) is 19.9 Å². The first-order chi connectivity index (χ1) is 10.1. The molecule has 0 atom stereocenters. The molecular weight excluding hydrogens is 272 g/mol. The second-order valence-electron chi connectivity index (χ2n) is 4.38. The van der Waals surface area contributed by atoms with Crippen LogP contribution in [0.15, 0.2) is 48.7 Å². The van der Waals surface area contributed by atoms with Crippen LogP contribution in [0.25, 0.3) is 11.0 Å². The number of aromatic amines is 1. The third-order valence-corrected chi connectivity index (χ3v) is 2.95. The number of fused-ring (bicyclic) bond motifs is 1. The van der Waals surface area contributed by atoms with Crippen LogP contribution in [-0.4, -0.2) is 20.8 Å². The van der Waals surface area contributed by atoms with Crippen molar-refractivity contribution in [2.24, 2.45) is 0 Å². The fourth-order valence-electron chi connectivity index (χ4n) is 1.97. The van der Waals surface area contributed by atoms with Crippen molar-refractivity contribution in [2.75, 3.05) is 5.32 Å². The molecule has 7 nitrogen and oxygen atoms in total. The summed E-state index contributed by atoms with van der Waals surface area (Å²) in [4.78, 5) is 29.4. The lowest BCUT2D eigenvalue weighted by atomic mass is 10.2. The lowest BCUT2D eigenvalue weighted by Crippen LogP contribution is -2.12. The molecule has 0 unspecified atom stereocenters. The molecule has 0 aliphatic rings. The summed E-state index contributed by atoms with van der Waals surface area (Å²) in [5, 5.41) is 13.3. The quantitative estimate of drug-likeness (QED) is 0.569. The Kier molecular flexibility index (Phi) is 3.07. The van der Waals surface area contributed by atoms with E-state index in [1.54, 1.807) is 24.4 Å². The summed E-state index contributed by atoms with van der Waals surface area (Å²) in [6.07, 6.45) is 1.64. The van der Waals surface area contributed by atoms with E-state index in [-0.39, 0.29) is 11.6 Å². The van der Waals surface area contributed by atoms with E-state index in [0.29, 0.717) is 16.9 Å². The van der Waals surface area contributed by atoms with Gasteiger partial charge in [-0.2, -0.15) is 0 Å². The van der Waals surface area contributed by atoms with Gasteiger partial charge in [0.05, 0.1) is 16.0 Å². The molecule has 0 spiro atoms. The van der Waals surface area contributed by atoms with Crippen LogP contribution in [0.2, 0.25) is 0 Å². The standard InChI is InChI=1S/C14H10N4O3/c19-14(13-8-12-11(17-13)5-2-6-15-12)16-9-3-1-4-10(7-9)18(20)21/h1-8,17H,(H,16,19). The molecule has 0 aliphatic heterocycles. The number of anilines is 1. The highest BCUT2D eigenvalue weighted by atomic mass is 16.6. The van der Waals surface area contributed by atoms with E-state index in [1.165, 1.54) is 18.2 Å². The molecule has 0 saturated heterocycles. The fourth-order valence-corrected chi connectivity index (χ4v) is 1.97. The molecule has 2 heterocycles. The number of rotatable bonds is 3. The van der Waals surface area contributed by atoms with Crippen molar-refractivity contribution in [1.82, 2.24) is 9.97 Å². The maximum absolute atomic E-state index is 12.1. The highest BCUT2D eigenvalue weighted by Gasteiger charge is 2.12. The monoisotopic (exact) mass is 282 g/mol. The molecule has 0 bridgehead atoms. The van der Waals surface area contributed by atoms with Crippen molar-refractivity contribution >= 4 is 28.3 Å². The van der Waals surface area contributed by atoms with Crippen molar-refractivity contribution in [3.63, 3.8) is 0 Å². The van der Waals surface area contributed by atoms with Crippen LogP contribution >= 0.6 is 0 Å². The van der Waals surface area contributed by atoms with Crippen LogP contribution in [0.4, 0.5) is 11.4 Å². The summed E-state index contributed by atoms with van der Waals surface area (Å²) in [5.74, 6) is -0.381. The summed E-state index contributed by atoms with van der Waals surface area (Å²) in [6, 6.07) is 11.0. The number of H-pyrrole nitrogens is 1. The van der Waals surface area contributed by atoms with E-state index in [4.69, 9.17) is 0 Å². The highest BCUT2D eigenvalue weighted by Crippen LogP contribution is 2.18. The molecule has 1 aromatic carbocycles. The van der Waals surface area contributed by atoms with E-state index >= 15 is 0 Å². The van der Waals surface area contributed by atoms with Crippen molar-refractivity contribution < 1.29 is 9.72 Å². The van der Waals surface area contributed by atoms with Gasteiger partial charge in [0.2, 0.25) is 0 Å². The number of nitrogens with one attached hydrogen (secondary N) is 2. The maximum atomic E-state index is 12.1. The minimum Gasteiger partial charge on any atom is -0.349 e. The second kappa shape index (κ2) is 5.04. The first kappa shape index (κ1) is 12.8. The maximum Gasteiger partial charge on any atom is 0.272 e. The number of pyridine rings is 1. The fraction of sp³-hybridized carbons (Fsp3) is 0. The number of non-ortho nitro benzene ring substituents is 1. The highest BCUT2D eigenvalue weighted by molar-refractivity contribution is 6.05. The third kappa shape index (κ3) is 2.57. The molecule has 1 amide bonds. The van der Waals surface area contributed by atoms with E-state index in [1.807, 2.05) is 6.07 Å². The number of nitrogens with zero attached hydrogens (tertiary/aromatic N) is 2. The molecule has 3 rings (SSSR count). The van der Waals surface area contributed by atoms with Gasteiger partial charge in [0, 0.05) is 24.0 Å². The Morgan fingerprint density at radius 2 is 2.10 bits per heavy atom. The molecule has 21 heavy (non-hydrogen) atoms. The van der Waals surface area contributed by atoms with Crippen LogP contribution in [0.1, 0.15) is 10.5 Å². The van der Waals surface area contributed by atoms with Crippen molar-refractivity contribution in [3.05, 3.63) is 64.5 Å². The number of carbonyl (C=O) groups is 1. The van der Waals surface area contributed by atoms with Gasteiger partial charge in [0.25, 0.3) is 11.6 Å². The summed E-state index contributed by atoms with van der Waals surface area (Å²) in [6.45, 7) is 0. The average Bonchev–Trinajstić information content (AvgIpc) is 2.91. The van der Waals surface area contributed by atoms with Crippen molar-refractivity contribution in [1.29, 1.82) is 0 Å². The summed E-state index contributed by atoms with van der Waals surface area (Å²) in [5.41, 5.74) is 2.06. The van der Waals surface area contributed by atoms with Crippen LogP contribution in [0.5, 0.6) is 0 Å². The number of hydrogen-bond acceptors (Lipinski definition) is 4. The molecule has 2 N–H and O–H groups in total. The van der Waals surface area contributed by atoms with Gasteiger partial charge in [-0.1, -0.05) is 6.07 Å². The number of hydrogen-bond donors (Lipinski definition) is 2. The lowest BCUT2D eigenvalue weighted by molar-refractivity contribution is -0.384. The third-order valence-electron chi connectivity index (χ3n) is 2.95. The smallest absolute Gasteiger partial charge is 0.272 e. The lowest BCUT2D eigenvalue weighted by Gasteiger charge is -2.03. The Hall–Kier alpha value is -3.22. The van der Waals surface area contributed by atoms with Crippen LogP contribution in [-0.2, 0) is 0 Å². The largest absolute Gasteiger partial charge is 0.349 e.